The van der Waals surface area contributed by atoms with Gasteiger partial charge < -0.3 is 15.2 Å². The minimum absolute atomic E-state index is 0.0509. The van der Waals surface area contributed by atoms with Gasteiger partial charge in [0.15, 0.2) is 16.3 Å². The van der Waals surface area contributed by atoms with Crippen molar-refractivity contribution < 1.29 is 14.6 Å². The standard InChI is InChI=1S/C29H25N3O4S/c1-17-12-14-19(15-13-17)25-24(27(34)31-21-9-5-4-6-10-21)18(2)30-29-32(25)28(35)23(37-29)16-20-8-7-11-22(36-3)26(20)33/h4-16,25,33H,1-3H3,(H,31,34)/b23-16-/t25-/m0/s1. The van der Waals surface area contributed by atoms with Crippen LogP contribution >= 0.6 is 11.3 Å². The number of aryl methyl sites for hydroxylation is 1. The van der Waals surface area contributed by atoms with Gasteiger partial charge in [0.05, 0.1) is 29.0 Å². The Morgan fingerprint density at radius 3 is 2.49 bits per heavy atom. The molecule has 2 N–H and O–H groups in total. The van der Waals surface area contributed by atoms with Crippen LogP contribution in [-0.4, -0.2) is 22.7 Å². The van der Waals surface area contributed by atoms with Gasteiger partial charge >= 0.3 is 0 Å². The average molecular weight is 512 g/mol. The molecule has 0 fully saturated rings. The van der Waals surface area contributed by atoms with Crippen LogP contribution in [0.25, 0.3) is 6.08 Å². The van der Waals surface area contributed by atoms with E-state index in [1.165, 1.54) is 18.4 Å². The van der Waals surface area contributed by atoms with Gasteiger partial charge in [0.1, 0.15) is 0 Å². The number of hydrogen-bond acceptors (Lipinski definition) is 6. The summed E-state index contributed by atoms with van der Waals surface area (Å²) in [6, 6.07) is 21.4. The van der Waals surface area contributed by atoms with Crippen LogP contribution in [0.5, 0.6) is 11.5 Å². The maximum atomic E-state index is 13.8. The number of aromatic hydroxyl groups is 1. The lowest BCUT2D eigenvalue weighted by Crippen LogP contribution is -2.40. The molecule has 1 aliphatic rings. The molecule has 3 aromatic carbocycles. The monoisotopic (exact) mass is 511 g/mol. The van der Waals surface area contributed by atoms with Gasteiger partial charge in [-0.05, 0) is 43.7 Å². The highest BCUT2D eigenvalue weighted by Gasteiger charge is 2.32. The number of anilines is 1. The highest BCUT2D eigenvalue weighted by molar-refractivity contribution is 7.07. The lowest BCUT2D eigenvalue weighted by atomic mass is 9.94. The Bertz CT molecular complexity index is 1700. The molecule has 2 heterocycles. The van der Waals surface area contributed by atoms with Crippen molar-refractivity contribution in [1.29, 1.82) is 0 Å². The van der Waals surface area contributed by atoms with E-state index in [4.69, 9.17) is 4.74 Å². The largest absolute Gasteiger partial charge is 0.504 e. The summed E-state index contributed by atoms with van der Waals surface area (Å²) in [5.41, 5.74) is 3.62. The number of ether oxygens (including phenoxy) is 1. The number of para-hydroxylation sites is 2. The van der Waals surface area contributed by atoms with Crippen molar-refractivity contribution in [1.82, 2.24) is 4.57 Å². The molecule has 0 saturated heterocycles. The Kier molecular flexibility index (Phi) is 6.50. The summed E-state index contributed by atoms with van der Waals surface area (Å²) in [4.78, 5) is 32.5. The molecule has 0 bridgehead atoms. The second kappa shape index (κ2) is 9.91. The van der Waals surface area contributed by atoms with Crippen molar-refractivity contribution in [2.24, 2.45) is 4.99 Å². The summed E-state index contributed by atoms with van der Waals surface area (Å²) in [5, 5.41) is 13.5. The zero-order valence-electron chi connectivity index (χ0n) is 20.6. The Balaban J connectivity index is 1.69. The van der Waals surface area contributed by atoms with Crippen LogP contribution in [0, 0.1) is 6.92 Å². The number of thiazole rings is 1. The van der Waals surface area contributed by atoms with Gasteiger partial charge in [-0.1, -0.05) is 71.5 Å². The van der Waals surface area contributed by atoms with Crippen LogP contribution in [0.1, 0.15) is 29.7 Å². The van der Waals surface area contributed by atoms with E-state index in [2.05, 4.69) is 10.3 Å². The highest BCUT2D eigenvalue weighted by atomic mass is 32.1. The first-order valence-corrected chi connectivity index (χ1v) is 12.5. The third kappa shape index (κ3) is 4.59. The first kappa shape index (κ1) is 24.3. The summed E-state index contributed by atoms with van der Waals surface area (Å²) >= 11 is 1.21. The van der Waals surface area contributed by atoms with Crippen LogP contribution in [0.3, 0.4) is 0 Å². The normalized spacial score (nSPS) is 15.2. The van der Waals surface area contributed by atoms with E-state index in [1.807, 2.05) is 61.5 Å². The molecule has 1 amide bonds. The summed E-state index contributed by atoms with van der Waals surface area (Å²) in [7, 11) is 1.47. The second-order valence-electron chi connectivity index (χ2n) is 8.71. The molecule has 0 radical (unpaired) electrons. The molecule has 7 nitrogen and oxygen atoms in total. The van der Waals surface area contributed by atoms with Crippen LogP contribution < -0.4 is 24.9 Å². The lowest BCUT2D eigenvalue weighted by molar-refractivity contribution is -0.113. The molecule has 8 heteroatoms. The van der Waals surface area contributed by atoms with Crippen molar-refractivity contribution in [3.63, 3.8) is 0 Å². The predicted molar refractivity (Wildman–Crippen MR) is 145 cm³/mol. The maximum Gasteiger partial charge on any atom is 0.271 e. The Hall–Kier alpha value is -4.43. The number of fused-ring (bicyclic) bond motifs is 1. The number of carbonyl (C=O) groups is 1. The number of allylic oxidation sites excluding steroid dienone is 1. The van der Waals surface area contributed by atoms with Gasteiger partial charge in [-0.25, -0.2) is 4.99 Å². The molecule has 186 valence electrons. The fourth-order valence-electron chi connectivity index (χ4n) is 4.36. The maximum absolute atomic E-state index is 13.8. The van der Waals surface area contributed by atoms with Crippen molar-refractivity contribution in [3.8, 4) is 11.5 Å². The van der Waals surface area contributed by atoms with Gasteiger partial charge in [0.25, 0.3) is 11.5 Å². The van der Waals surface area contributed by atoms with Crippen LogP contribution in [0.2, 0.25) is 0 Å². The molecular formula is C29H25N3O4S. The number of nitrogens with zero attached hydrogens (tertiary/aromatic N) is 2. The van der Waals surface area contributed by atoms with Gasteiger partial charge in [-0.3, -0.25) is 14.2 Å². The van der Waals surface area contributed by atoms with Crippen molar-refractivity contribution in [2.45, 2.75) is 19.9 Å². The Morgan fingerprint density at radius 2 is 1.78 bits per heavy atom. The summed E-state index contributed by atoms with van der Waals surface area (Å²) in [6.45, 7) is 3.77. The second-order valence-corrected chi connectivity index (χ2v) is 9.72. The van der Waals surface area contributed by atoms with E-state index < -0.39 is 6.04 Å². The molecule has 0 spiro atoms. The van der Waals surface area contributed by atoms with E-state index in [1.54, 1.807) is 35.8 Å². The quantitative estimate of drug-likeness (QED) is 0.425. The number of hydrogen-bond donors (Lipinski definition) is 2. The molecule has 1 aromatic heterocycles. The van der Waals surface area contributed by atoms with E-state index in [9.17, 15) is 14.7 Å². The number of carbonyl (C=O) groups excluding carboxylic acids is 1. The third-order valence-corrected chi connectivity index (χ3v) is 7.21. The van der Waals surface area contributed by atoms with Crippen molar-refractivity contribution in [2.75, 3.05) is 12.4 Å². The lowest BCUT2D eigenvalue weighted by Gasteiger charge is -2.25. The van der Waals surface area contributed by atoms with Crippen LogP contribution in [0.15, 0.2) is 93.9 Å². The van der Waals surface area contributed by atoms with Crippen molar-refractivity contribution in [3.05, 3.63) is 120 Å². The van der Waals surface area contributed by atoms with E-state index in [0.29, 0.717) is 37.6 Å². The smallest absolute Gasteiger partial charge is 0.271 e. The Morgan fingerprint density at radius 1 is 1.05 bits per heavy atom. The zero-order chi connectivity index (χ0) is 26.1. The zero-order valence-corrected chi connectivity index (χ0v) is 21.4. The number of phenolic OH excluding ortho intramolecular Hbond substituents is 1. The minimum Gasteiger partial charge on any atom is -0.504 e. The molecule has 1 atom stereocenters. The van der Waals surface area contributed by atoms with Gasteiger partial charge in [0.2, 0.25) is 0 Å². The number of amides is 1. The number of benzene rings is 3. The summed E-state index contributed by atoms with van der Waals surface area (Å²) in [6.07, 6.45) is 1.62. The molecule has 0 aliphatic carbocycles. The Labute approximate surface area is 217 Å². The summed E-state index contributed by atoms with van der Waals surface area (Å²) in [5.74, 6) is -0.0578. The van der Waals surface area contributed by atoms with E-state index >= 15 is 0 Å². The number of phenols is 1. The SMILES string of the molecule is COc1cccc(/C=c2\sc3n(c2=O)[C@@H](c2ccc(C)cc2)C(C(=O)Nc2ccccc2)=C(C)N=3)c1O. The number of rotatable bonds is 5. The molecule has 0 unspecified atom stereocenters. The highest BCUT2D eigenvalue weighted by Crippen LogP contribution is 2.32. The average Bonchev–Trinajstić information content (AvgIpc) is 3.19. The van der Waals surface area contributed by atoms with E-state index in [0.717, 1.165) is 11.1 Å². The molecule has 0 saturated carbocycles. The van der Waals surface area contributed by atoms with E-state index in [-0.39, 0.29) is 17.2 Å². The molecule has 5 rings (SSSR count). The fourth-order valence-corrected chi connectivity index (χ4v) is 5.40. The van der Waals surface area contributed by atoms with Crippen LogP contribution in [0.4, 0.5) is 5.69 Å². The van der Waals surface area contributed by atoms with Gasteiger partial charge in [-0.15, -0.1) is 0 Å². The predicted octanol–water partition coefficient (Wildman–Crippen LogP) is 3.90. The summed E-state index contributed by atoms with van der Waals surface area (Å²) < 4.78 is 7.15. The molecular weight excluding hydrogens is 486 g/mol. The number of nitrogens with one attached hydrogen (secondary N) is 1. The number of aromatic nitrogens is 1. The minimum atomic E-state index is -0.665. The third-order valence-electron chi connectivity index (χ3n) is 6.23. The molecule has 1 aliphatic heterocycles. The van der Waals surface area contributed by atoms with Crippen molar-refractivity contribution >= 4 is 29.0 Å². The van der Waals surface area contributed by atoms with Crippen LogP contribution in [-0.2, 0) is 4.79 Å². The molecule has 4 aromatic rings. The first-order chi connectivity index (χ1) is 17.9. The van der Waals surface area contributed by atoms with Gasteiger partial charge in [0, 0.05) is 11.3 Å². The number of methoxy groups -OCH3 is 1. The fraction of sp³-hybridized carbons (Fsp3) is 0.138. The topological polar surface area (TPSA) is 92.9 Å². The van der Waals surface area contributed by atoms with Gasteiger partial charge in [-0.2, -0.15) is 0 Å². The first-order valence-electron chi connectivity index (χ1n) is 11.7. The molecule has 37 heavy (non-hydrogen) atoms.